The van der Waals surface area contributed by atoms with Crippen LogP contribution >= 0.6 is 0 Å². The van der Waals surface area contributed by atoms with Gasteiger partial charge in [0.2, 0.25) is 11.8 Å². The van der Waals surface area contributed by atoms with E-state index in [2.05, 4.69) is 5.32 Å². The first-order valence-electron chi connectivity index (χ1n) is 8.43. The highest BCUT2D eigenvalue weighted by molar-refractivity contribution is 5.98. The molecule has 0 bridgehead atoms. The number of nitrogens with zero attached hydrogens (tertiary/aromatic N) is 1. The lowest BCUT2D eigenvalue weighted by atomic mass is 9.78. The molecule has 3 fully saturated rings. The molecule has 1 saturated carbocycles. The van der Waals surface area contributed by atoms with Crippen LogP contribution in [0.3, 0.4) is 0 Å². The van der Waals surface area contributed by atoms with Gasteiger partial charge in [-0.25, -0.2) is 0 Å². The van der Waals surface area contributed by atoms with Crippen molar-refractivity contribution in [1.82, 2.24) is 10.2 Å². The zero-order valence-electron chi connectivity index (χ0n) is 12.7. The van der Waals surface area contributed by atoms with Crippen molar-refractivity contribution >= 4 is 11.8 Å². The number of piperazine rings is 1. The Morgan fingerprint density at radius 2 is 2.00 bits per heavy atom. The van der Waals surface area contributed by atoms with E-state index in [0.717, 1.165) is 58.0 Å². The molecule has 1 N–H and O–H groups in total. The Hall–Kier alpha value is -1.10. The smallest absolute Gasteiger partial charge is 0.246 e. The second-order valence-electron chi connectivity index (χ2n) is 6.60. The van der Waals surface area contributed by atoms with E-state index >= 15 is 0 Å². The SMILES string of the molecule is O=C1CNC(=O)C2(CCCCC2)N1CCCC1CCCO1. The molecule has 3 rings (SSSR count). The number of carbonyl (C=O) groups is 2. The van der Waals surface area contributed by atoms with Crippen molar-refractivity contribution in [3.8, 4) is 0 Å². The van der Waals surface area contributed by atoms with Gasteiger partial charge in [-0.15, -0.1) is 0 Å². The number of rotatable bonds is 4. The fourth-order valence-corrected chi connectivity index (χ4v) is 4.10. The standard InChI is InChI=1S/C16H26N2O3/c19-14-12-17-15(20)16(8-2-1-3-9-16)18(14)10-4-6-13-7-5-11-21-13/h13H,1-12H2,(H,17,20). The number of amides is 2. The minimum absolute atomic E-state index is 0.0684. The van der Waals surface area contributed by atoms with Gasteiger partial charge < -0.3 is 15.0 Å². The molecule has 2 aliphatic heterocycles. The van der Waals surface area contributed by atoms with Crippen LogP contribution in [0.1, 0.15) is 57.8 Å². The van der Waals surface area contributed by atoms with E-state index < -0.39 is 5.54 Å². The summed E-state index contributed by atoms with van der Waals surface area (Å²) < 4.78 is 5.64. The molecule has 0 aromatic heterocycles. The van der Waals surface area contributed by atoms with Crippen LogP contribution in [0.4, 0.5) is 0 Å². The zero-order chi connectivity index (χ0) is 14.7. The molecule has 2 heterocycles. The molecule has 118 valence electrons. The lowest BCUT2D eigenvalue weighted by molar-refractivity contribution is -0.156. The molecule has 3 aliphatic rings. The molecule has 21 heavy (non-hydrogen) atoms. The van der Waals surface area contributed by atoms with Crippen LogP contribution in [0.15, 0.2) is 0 Å². The highest BCUT2D eigenvalue weighted by Crippen LogP contribution is 2.36. The number of ether oxygens (including phenoxy) is 1. The molecule has 0 aromatic carbocycles. The lowest BCUT2D eigenvalue weighted by Crippen LogP contribution is -2.67. The molecule has 1 aliphatic carbocycles. The van der Waals surface area contributed by atoms with Gasteiger partial charge in [-0.2, -0.15) is 0 Å². The summed E-state index contributed by atoms with van der Waals surface area (Å²) in [5.41, 5.74) is -0.551. The molecule has 1 atom stereocenters. The Morgan fingerprint density at radius 1 is 1.19 bits per heavy atom. The number of carbonyl (C=O) groups excluding carboxylic acids is 2. The van der Waals surface area contributed by atoms with Crippen LogP contribution in [-0.2, 0) is 14.3 Å². The predicted molar refractivity (Wildman–Crippen MR) is 78.7 cm³/mol. The van der Waals surface area contributed by atoms with Crippen LogP contribution in [0.5, 0.6) is 0 Å². The summed E-state index contributed by atoms with van der Waals surface area (Å²) >= 11 is 0. The van der Waals surface area contributed by atoms with E-state index in [4.69, 9.17) is 4.74 Å². The van der Waals surface area contributed by atoms with Gasteiger partial charge in [0.1, 0.15) is 5.54 Å². The van der Waals surface area contributed by atoms with Gasteiger partial charge in [0.15, 0.2) is 0 Å². The summed E-state index contributed by atoms with van der Waals surface area (Å²) in [5, 5.41) is 2.80. The van der Waals surface area contributed by atoms with Crippen LogP contribution < -0.4 is 5.32 Å². The largest absolute Gasteiger partial charge is 0.378 e. The Balaban J connectivity index is 1.63. The van der Waals surface area contributed by atoms with Gasteiger partial charge >= 0.3 is 0 Å². The molecule has 0 aromatic rings. The molecule has 5 heteroatoms. The third kappa shape index (κ3) is 2.93. The van der Waals surface area contributed by atoms with E-state index in [-0.39, 0.29) is 18.4 Å². The Bertz CT molecular complexity index is 398. The normalized spacial score (nSPS) is 29.0. The third-order valence-electron chi connectivity index (χ3n) is 5.25. The minimum atomic E-state index is -0.551. The van der Waals surface area contributed by atoms with Gasteiger partial charge in [0, 0.05) is 13.2 Å². The van der Waals surface area contributed by atoms with Crippen molar-refractivity contribution in [2.75, 3.05) is 19.7 Å². The monoisotopic (exact) mass is 294 g/mol. The quantitative estimate of drug-likeness (QED) is 0.857. The highest BCUT2D eigenvalue weighted by Gasteiger charge is 2.49. The topological polar surface area (TPSA) is 58.6 Å². The summed E-state index contributed by atoms with van der Waals surface area (Å²) in [6, 6.07) is 0. The summed E-state index contributed by atoms with van der Waals surface area (Å²) in [6.45, 7) is 1.74. The Kier molecular flexibility index (Phi) is 4.48. The van der Waals surface area contributed by atoms with Crippen LogP contribution in [0.25, 0.3) is 0 Å². The fraction of sp³-hybridized carbons (Fsp3) is 0.875. The van der Waals surface area contributed by atoms with E-state index in [1.54, 1.807) is 0 Å². The fourth-order valence-electron chi connectivity index (χ4n) is 4.10. The molecule has 1 unspecified atom stereocenters. The van der Waals surface area contributed by atoms with Crippen LogP contribution in [-0.4, -0.2) is 48.1 Å². The van der Waals surface area contributed by atoms with Crippen molar-refractivity contribution in [1.29, 1.82) is 0 Å². The minimum Gasteiger partial charge on any atom is -0.378 e. The van der Waals surface area contributed by atoms with Gasteiger partial charge in [0.05, 0.1) is 12.6 Å². The first-order chi connectivity index (χ1) is 10.2. The lowest BCUT2D eigenvalue weighted by Gasteiger charge is -2.48. The number of hydrogen-bond acceptors (Lipinski definition) is 3. The second kappa shape index (κ2) is 6.34. The van der Waals surface area contributed by atoms with Gasteiger partial charge in [-0.05, 0) is 38.5 Å². The van der Waals surface area contributed by atoms with E-state index in [1.165, 1.54) is 6.42 Å². The average Bonchev–Trinajstić information content (AvgIpc) is 3.01. The summed E-state index contributed by atoms with van der Waals surface area (Å²) in [6.07, 6.45) is 9.50. The summed E-state index contributed by atoms with van der Waals surface area (Å²) in [4.78, 5) is 26.6. The highest BCUT2D eigenvalue weighted by atomic mass is 16.5. The van der Waals surface area contributed by atoms with Gasteiger partial charge in [-0.1, -0.05) is 19.3 Å². The molecule has 0 radical (unpaired) electrons. The van der Waals surface area contributed by atoms with Crippen molar-refractivity contribution in [3.63, 3.8) is 0 Å². The van der Waals surface area contributed by atoms with Crippen molar-refractivity contribution in [3.05, 3.63) is 0 Å². The zero-order valence-corrected chi connectivity index (χ0v) is 12.7. The van der Waals surface area contributed by atoms with Crippen molar-refractivity contribution < 1.29 is 14.3 Å². The molecule has 2 amide bonds. The van der Waals surface area contributed by atoms with Crippen molar-refractivity contribution in [2.45, 2.75) is 69.4 Å². The molecule has 1 spiro atoms. The maximum atomic E-state index is 12.4. The van der Waals surface area contributed by atoms with Crippen LogP contribution in [0, 0.1) is 0 Å². The molecular weight excluding hydrogens is 268 g/mol. The Labute approximate surface area is 126 Å². The first kappa shape index (κ1) is 14.8. The number of nitrogens with one attached hydrogen (secondary N) is 1. The molecular formula is C16H26N2O3. The summed E-state index contributed by atoms with van der Waals surface area (Å²) in [7, 11) is 0. The Morgan fingerprint density at radius 3 is 2.71 bits per heavy atom. The van der Waals surface area contributed by atoms with E-state index in [0.29, 0.717) is 12.6 Å². The second-order valence-corrected chi connectivity index (χ2v) is 6.60. The van der Waals surface area contributed by atoms with Gasteiger partial charge in [-0.3, -0.25) is 9.59 Å². The maximum absolute atomic E-state index is 12.4. The van der Waals surface area contributed by atoms with E-state index in [9.17, 15) is 9.59 Å². The van der Waals surface area contributed by atoms with Crippen LogP contribution in [0.2, 0.25) is 0 Å². The average molecular weight is 294 g/mol. The molecule has 2 saturated heterocycles. The molecule has 5 nitrogen and oxygen atoms in total. The first-order valence-corrected chi connectivity index (χ1v) is 8.43. The van der Waals surface area contributed by atoms with E-state index in [1.807, 2.05) is 4.90 Å². The summed E-state index contributed by atoms with van der Waals surface area (Å²) in [5.74, 6) is 0.155. The predicted octanol–water partition coefficient (Wildman–Crippen LogP) is 1.61. The van der Waals surface area contributed by atoms with Crippen molar-refractivity contribution in [2.24, 2.45) is 0 Å². The van der Waals surface area contributed by atoms with Gasteiger partial charge in [0.25, 0.3) is 0 Å². The number of hydrogen-bond donors (Lipinski definition) is 1. The third-order valence-corrected chi connectivity index (χ3v) is 5.25. The maximum Gasteiger partial charge on any atom is 0.246 e.